The van der Waals surface area contributed by atoms with Gasteiger partial charge in [-0.25, -0.2) is 4.68 Å². The van der Waals surface area contributed by atoms with Gasteiger partial charge < -0.3 is 15.5 Å². The Morgan fingerprint density at radius 3 is 2.67 bits per heavy atom. The smallest absolute Gasteiger partial charge is 0.268 e. The van der Waals surface area contributed by atoms with E-state index in [1.165, 1.54) is 25.8 Å². The van der Waals surface area contributed by atoms with Crippen LogP contribution in [-0.2, 0) is 6.54 Å². The number of nitrogens with zero attached hydrogens (tertiary/aromatic N) is 4. The molecule has 24 heavy (non-hydrogen) atoms. The van der Waals surface area contributed by atoms with E-state index < -0.39 is 0 Å². The Morgan fingerprint density at radius 2 is 2.00 bits per heavy atom. The van der Waals surface area contributed by atoms with Crippen LogP contribution in [0.25, 0.3) is 0 Å². The highest BCUT2D eigenvalue weighted by atomic mass is 16.1. The van der Waals surface area contributed by atoms with Gasteiger partial charge in [0.05, 0.1) is 11.9 Å². The lowest BCUT2D eigenvalue weighted by atomic mass is 9.97. The Morgan fingerprint density at radius 1 is 1.21 bits per heavy atom. The summed E-state index contributed by atoms with van der Waals surface area (Å²) < 4.78 is 1.62. The van der Waals surface area contributed by atoms with Crippen LogP contribution < -0.4 is 16.2 Å². The van der Waals surface area contributed by atoms with Gasteiger partial charge in [-0.05, 0) is 58.2 Å². The molecule has 0 unspecified atom stereocenters. The topological polar surface area (TPSA) is 67.4 Å². The largest absolute Gasteiger partial charge is 0.370 e. The zero-order valence-corrected chi connectivity index (χ0v) is 14.9. The first-order chi connectivity index (χ1) is 11.7. The molecule has 6 nitrogen and oxygen atoms in total. The number of likely N-dealkylation sites (tertiary alicyclic amines) is 1. The fraction of sp³-hybridized carbons (Fsp3) is 0.778. The highest BCUT2D eigenvalue weighted by Crippen LogP contribution is 2.21. The van der Waals surface area contributed by atoms with Crippen molar-refractivity contribution in [3.05, 3.63) is 22.6 Å². The van der Waals surface area contributed by atoms with E-state index in [0.717, 1.165) is 44.6 Å². The molecule has 2 N–H and O–H groups in total. The molecule has 0 amide bonds. The zero-order chi connectivity index (χ0) is 16.9. The van der Waals surface area contributed by atoms with Crippen LogP contribution in [0.5, 0.6) is 0 Å². The number of anilines is 1. The lowest BCUT2D eigenvalue weighted by molar-refractivity contribution is 0.169. The van der Waals surface area contributed by atoms with Crippen molar-refractivity contribution in [1.29, 1.82) is 0 Å². The average molecular weight is 333 g/mol. The van der Waals surface area contributed by atoms with Crippen LogP contribution in [0.4, 0.5) is 5.69 Å². The van der Waals surface area contributed by atoms with Gasteiger partial charge in [0.1, 0.15) is 0 Å². The summed E-state index contributed by atoms with van der Waals surface area (Å²) in [4.78, 5) is 17.1. The standard InChI is InChI=1S/C18H31N5O/c1-21-8-3-2-4-16(21)7-11-23-18(24)12-17(14-20-23)22-9-5-15(13-19)6-10-22/h12,14-16H,2-11,13,19H2,1H3/t16-/m0/s1. The van der Waals surface area contributed by atoms with E-state index in [1.807, 2.05) is 6.20 Å². The van der Waals surface area contributed by atoms with Gasteiger partial charge in [0, 0.05) is 31.7 Å². The van der Waals surface area contributed by atoms with Crippen molar-refractivity contribution in [2.75, 3.05) is 38.1 Å². The summed E-state index contributed by atoms with van der Waals surface area (Å²) in [5.41, 5.74) is 6.73. The SMILES string of the molecule is CN1CCCC[C@H]1CCn1ncc(N2CCC(CN)CC2)cc1=O. The first-order valence-electron chi connectivity index (χ1n) is 9.40. The zero-order valence-electron chi connectivity index (χ0n) is 14.9. The van der Waals surface area contributed by atoms with E-state index in [9.17, 15) is 4.79 Å². The van der Waals surface area contributed by atoms with Crippen molar-refractivity contribution in [2.24, 2.45) is 11.7 Å². The number of rotatable bonds is 5. The summed E-state index contributed by atoms with van der Waals surface area (Å²) in [5, 5.41) is 4.42. The molecule has 0 spiro atoms. The Balaban J connectivity index is 1.57. The summed E-state index contributed by atoms with van der Waals surface area (Å²) in [6, 6.07) is 2.34. The summed E-state index contributed by atoms with van der Waals surface area (Å²) in [6.07, 6.45) is 8.90. The molecule has 0 aromatic carbocycles. The van der Waals surface area contributed by atoms with Crippen LogP contribution in [0.1, 0.15) is 38.5 Å². The molecule has 0 aliphatic carbocycles. The molecule has 1 aromatic rings. The molecular formula is C18H31N5O. The van der Waals surface area contributed by atoms with Crippen LogP contribution in [0.3, 0.4) is 0 Å². The Kier molecular flexibility index (Phi) is 5.89. The molecule has 3 heterocycles. The minimum Gasteiger partial charge on any atom is -0.370 e. The molecule has 6 heteroatoms. The van der Waals surface area contributed by atoms with E-state index in [1.54, 1.807) is 10.7 Å². The molecule has 134 valence electrons. The average Bonchev–Trinajstić information content (AvgIpc) is 2.62. The third-order valence-corrected chi connectivity index (χ3v) is 5.76. The van der Waals surface area contributed by atoms with Crippen LogP contribution in [-0.4, -0.2) is 53.9 Å². The van der Waals surface area contributed by atoms with Gasteiger partial charge in [-0.3, -0.25) is 4.79 Å². The summed E-state index contributed by atoms with van der Waals surface area (Å²) >= 11 is 0. The summed E-state index contributed by atoms with van der Waals surface area (Å²) in [5.74, 6) is 0.627. The van der Waals surface area contributed by atoms with Gasteiger partial charge >= 0.3 is 0 Å². The molecule has 3 rings (SSSR count). The van der Waals surface area contributed by atoms with Crippen LogP contribution in [0.15, 0.2) is 17.1 Å². The first kappa shape index (κ1) is 17.4. The highest BCUT2D eigenvalue weighted by Gasteiger charge is 2.20. The molecule has 2 aliphatic rings. The second-order valence-corrected chi connectivity index (χ2v) is 7.36. The molecule has 2 saturated heterocycles. The second-order valence-electron chi connectivity index (χ2n) is 7.36. The van der Waals surface area contributed by atoms with E-state index in [-0.39, 0.29) is 5.56 Å². The molecule has 1 atom stereocenters. The molecule has 2 aliphatic heterocycles. The second kappa shape index (κ2) is 8.12. The monoisotopic (exact) mass is 333 g/mol. The van der Waals surface area contributed by atoms with Crippen molar-refractivity contribution in [3.8, 4) is 0 Å². The first-order valence-corrected chi connectivity index (χ1v) is 9.40. The third kappa shape index (κ3) is 4.16. The van der Waals surface area contributed by atoms with Crippen molar-refractivity contribution in [3.63, 3.8) is 0 Å². The fourth-order valence-corrected chi connectivity index (χ4v) is 3.97. The molecule has 0 saturated carbocycles. The van der Waals surface area contributed by atoms with E-state index in [2.05, 4.69) is 21.9 Å². The minimum atomic E-state index is 0.0203. The normalized spacial score (nSPS) is 23.6. The highest BCUT2D eigenvalue weighted by molar-refractivity contribution is 5.43. The van der Waals surface area contributed by atoms with Gasteiger partial charge in [0.25, 0.3) is 5.56 Å². The maximum Gasteiger partial charge on any atom is 0.268 e. The van der Waals surface area contributed by atoms with Crippen LogP contribution in [0, 0.1) is 5.92 Å². The number of nitrogens with two attached hydrogens (primary N) is 1. The van der Waals surface area contributed by atoms with Gasteiger partial charge in [0.15, 0.2) is 0 Å². The van der Waals surface area contributed by atoms with Crippen molar-refractivity contribution in [2.45, 2.75) is 51.1 Å². The van der Waals surface area contributed by atoms with Gasteiger partial charge in [0.2, 0.25) is 0 Å². The van der Waals surface area contributed by atoms with Crippen LogP contribution >= 0.6 is 0 Å². The molecule has 0 radical (unpaired) electrons. The van der Waals surface area contributed by atoms with E-state index in [0.29, 0.717) is 18.5 Å². The molecule has 0 bridgehead atoms. The maximum atomic E-state index is 12.4. The number of aromatic nitrogens is 2. The Hall–Kier alpha value is -1.40. The lowest BCUT2D eigenvalue weighted by Crippen LogP contribution is -2.38. The predicted molar refractivity (Wildman–Crippen MR) is 97.4 cm³/mol. The molecule has 1 aromatic heterocycles. The Bertz CT molecular complexity index is 579. The van der Waals surface area contributed by atoms with Crippen LogP contribution in [0.2, 0.25) is 0 Å². The third-order valence-electron chi connectivity index (χ3n) is 5.76. The number of hydrogen-bond donors (Lipinski definition) is 1. The number of hydrogen-bond acceptors (Lipinski definition) is 5. The van der Waals surface area contributed by atoms with Gasteiger partial charge in [-0.1, -0.05) is 6.42 Å². The lowest BCUT2D eigenvalue weighted by Gasteiger charge is -2.33. The quantitative estimate of drug-likeness (QED) is 0.879. The predicted octanol–water partition coefficient (Wildman–Crippen LogP) is 1.29. The van der Waals surface area contributed by atoms with Gasteiger partial charge in [-0.2, -0.15) is 5.10 Å². The number of aryl methyl sites for hydroxylation is 1. The van der Waals surface area contributed by atoms with Crippen molar-refractivity contribution in [1.82, 2.24) is 14.7 Å². The van der Waals surface area contributed by atoms with E-state index >= 15 is 0 Å². The Labute approximate surface area is 144 Å². The van der Waals surface area contributed by atoms with Crippen molar-refractivity contribution < 1.29 is 0 Å². The molecule has 2 fully saturated rings. The van der Waals surface area contributed by atoms with E-state index in [4.69, 9.17) is 5.73 Å². The van der Waals surface area contributed by atoms with Gasteiger partial charge in [-0.15, -0.1) is 0 Å². The maximum absolute atomic E-state index is 12.4. The fourth-order valence-electron chi connectivity index (χ4n) is 3.97. The van der Waals surface area contributed by atoms with Crippen molar-refractivity contribution >= 4 is 5.69 Å². The molecular weight excluding hydrogens is 302 g/mol. The summed E-state index contributed by atoms with van der Waals surface area (Å²) in [7, 11) is 2.19. The number of piperidine rings is 2. The minimum absolute atomic E-state index is 0.0203. The summed E-state index contributed by atoms with van der Waals surface area (Å²) in [6.45, 7) is 4.59.